The van der Waals surface area contributed by atoms with Gasteiger partial charge in [0.25, 0.3) is 0 Å². The molecule has 2 heterocycles. The number of nitrogens with zero attached hydrogens (tertiary/aromatic N) is 1. The third kappa shape index (κ3) is 4.01. The third-order valence-electron chi connectivity index (χ3n) is 4.46. The van der Waals surface area contributed by atoms with Gasteiger partial charge in [-0.05, 0) is 17.5 Å². The first-order valence-electron chi connectivity index (χ1n) is 8.47. The molecule has 0 fully saturated rings. The average Bonchev–Trinajstić information content (AvgIpc) is 3.01. The van der Waals surface area contributed by atoms with Crippen molar-refractivity contribution in [2.75, 3.05) is 18.8 Å². The molecule has 3 rings (SSSR count). The minimum atomic E-state index is -1.15. The van der Waals surface area contributed by atoms with Crippen LogP contribution in [0.25, 0.3) is 0 Å². The minimum absolute atomic E-state index is 0.0155. The van der Waals surface area contributed by atoms with Gasteiger partial charge < -0.3 is 26.0 Å². The number of thiophene rings is 1. The van der Waals surface area contributed by atoms with Crippen LogP contribution in [0.2, 0.25) is 0 Å². The van der Waals surface area contributed by atoms with Crippen molar-refractivity contribution in [2.24, 2.45) is 0 Å². The van der Waals surface area contributed by atoms with Crippen LogP contribution in [0, 0.1) is 0 Å². The van der Waals surface area contributed by atoms with E-state index in [1.807, 2.05) is 30.3 Å². The molecule has 1 aromatic carbocycles. The lowest BCUT2D eigenvalue weighted by Gasteiger charge is -2.33. The zero-order valence-corrected chi connectivity index (χ0v) is 15.6. The molecule has 0 radical (unpaired) electrons. The van der Waals surface area contributed by atoms with Gasteiger partial charge >= 0.3 is 18.2 Å². The fraction of sp³-hybridized carbons (Fsp3) is 0.278. The van der Waals surface area contributed by atoms with E-state index in [-0.39, 0.29) is 36.7 Å². The lowest BCUT2D eigenvalue weighted by Crippen LogP contribution is -2.44. The number of alkyl carbamates (subject to hydrolysis) is 1. The fourth-order valence-corrected chi connectivity index (χ4v) is 4.39. The Kier molecular flexibility index (Phi) is 5.69. The maximum Gasteiger partial charge on any atom is 0.407 e. The molecule has 5 N–H and O–H groups in total. The van der Waals surface area contributed by atoms with Gasteiger partial charge in [-0.2, -0.15) is 0 Å². The van der Waals surface area contributed by atoms with Crippen LogP contribution in [0.3, 0.4) is 0 Å². The number of aromatic carboxylic acids is 1. The number of benzene rings is 1. The quantitative estimate of drug-likeness (QED) is 0.599. The SMILES string of the molecule is Nc1sc2c(c1C(=O)O)CCN(C(=O)O)C2CNC(=O)OCc1ccccc1. The summed E-state index contributed by atoms with van der Waals surface area (Å²) in [7, 11) is 0. The molecule has 0 spiro atoms. The second-order valence-corrected chi connectivity index (χ2v) is 7.26. The van der Waals surface area contributed by atoms with E-state index in [0.717, 1.165) is 16.9 Å². The zero-order chi connectivity index (χ0) is 20.3. The second-order valence-electron chi connectivity index (χ2n) is 6.17. The van der Waals surface area contributed by atoms with Crippen LogP contribution in [0.5, 0.6) is 0 Å². The fourth-order valence-electron chi connectivity index (χ4n) is 3.17. The summed E-state index contributed by atoms with van der Waals surface area (Å²) < 4.78 is 5.14. The van der Waals surface area contributed by atoms with Crippen molar-refractivity contribution in [3.8, 4) is 0 Å². The maximum atomic E-state index is 12.0. The molecule has 148 valence electrons. The van der Waals surface area contributed by atoms with Crippen molar-refractivity contribution < 1.29 is 29.3 Å². The molecule has 2 amide bonds. The van der Waals surface area contributed by atoms with Crippen molar-refractivity contribution >= 4 is 34.5 Å². The first-order valence-corrected chi connectivity index (χ1v) is 9.28. The Hall–Kier alpha value is -3.27. The molecule has 28 heavy (non-hydrogen) atoms. The Labute approximate surface area is 164 Å². The number of carboxylic acid groups (broad SMARTS) is 2. The largest absolute Gasteiger partial charge is 0.478 e. The van der Waals surface area contributed by atoms with Crippen LogP contribution in [0.15, 0.2) is 30.3 Å². The van der Waals surface area contributed by atoms with Gasteiger partial charge in [-0.25, -0.2) is 14.4 Å². The Balaban J connectivity index is 1.72. The van der Waals surface area contributed by atoms with Gasteiger partial charge in [-0.1, -0.05) is 30.3 Å². The van der Waals surface area contributed by atoms with Crippen LogP contribution in [0.4, 0.5) is 14.6 Å². The lowest BCUT2D eigenvalue weighted by molar-refractivity contribution is 0.0696. The number of fused-ring (bicyclic) bond motifs is 1. The standard InChI is InChI=1S/C18H19N3O6S/c19-15-13(16(22)23)11-6-7-21(18(25)26)12(14(11)28-15)8-20-17(24)27-9-10-4-2-1-3-5-10/h1-5,12H,6-9,19H2,(H,20,24)(H,22,23)(H,25,26). The van der Waals surface area contributed by atoms with Crippen molar-refractivity contribution in [1.29, 1.82) is 0 Å². The van der Waals surface area contributed by atoms with Crippen LogP contribution < -0.4 is 11.1 Å². The molecule has 1 unspecified atom stereocenters. The second kappa shape index (κ2) is 8.17. The highest BCUT2D eigenvalue weighted by molar-refractivity contribution is 7.16. The van der Waals surface area contributed by atoms with Crippen LogP contribution in [0.1, 0.15) is 32.4 Å². The van der Waals surface area contributed by atoms with Gasteiger partial charge in [0.05, 0.1) is 11.6 Å². The summed E-state index contributed by atoms with van der Waals surface area (Å²) in [4.78, 5) is 36.8. The number of carbonyl (C=O) groups is 3. The summed E-state index contributed by atoms with van der Waals surface area (Å²) in [5, 5.41) is 21.5. The topological polar surface area (TPSA) is 142 Å². The van der Waals surface area contributed by atoms with E-state index in [2.05, 4.69) is 5.32 Å². The Morgan fingerprint density at radius 3 is 2.61 bits per heavy atom. The van der Waals surface area contributed by atoms with E-state index in [0.29, 0.717) is 10.4 Å². The van der Waals surface area contributed by atoms with E-state index < -0.39 is 24.2 Å². The molecule has 1 aliphatic rings. The summed E-state index contributed by atoms with van der Waals surface area (Å²) in [6.45, 7) is 0.149. The van der Waals surface area contributed by atoms with Gasteiger partial charge in [0, 0.05) is 18.0 Å². The molecule has 1 aliphatic heterocycles. The van der Waals surface area contributed by atoms with Crippen LogP contribution in [-0.2, 0) is 17.8 Å². The van der Waals surface area contributed by atoms with Gasteiger partial charge in [0.2, 0.25) is 0 Å². The van der Waals surface area contributed by atoms with Gasteiger partial charge in [0.1, 0.15) is 11.6 Å². The van der Waals surface area contributed by atoms with Crippen molar-refractivity contribution in [3.63, 3.8) is 0 Å². The zero-order valence-electron chi connectivity index (χ0n) is 14.8. The normalized spacial score (nSPS) is 15.6. The van der Waals surface area contributed by atoms with Crippen LogP contribution >= 0.6 is 11.3 Å². The third-order valence-corrected chi connectivity index (χ3v) is 5.62. The van der Waals surface area contributed by atoms with Gasteiger partial charge in [-0.3, -0.25) is 4.90 Å². The van der Waals surface area contributed by atoms with E-state index in [4.69, 9.17) is 10.5 Å². The number of nitrogen functional groups attached to an aromatic ring is 1. The molecule has 2 aromatic rings. The first kappa shape index (κ1) is 19.5. The highest BCUT2D eigenvalue weighted by Gasteiger charge is 2.36. The number of hydrogen-bond donors (Lipinski definition) is 4. The molecular weight excluding hydrogens is 386 g/mol. The van der Waals surface area contributed by atoms with E-state index in [1.165, 1.54) is 4.90 Å². The number of rotatable bonds is 5. The Morgan fingerprint density at radius 1 is 1.25 bits per heavy atom. The molecule has 1 aromatic heterocycles. The molecule has 10 heteroatoms. The number of amides is 2. The van der Waals surface area contributed by atoms with Crippen molar-refractivity contribution in [1.82, 2.24) is 10.2 Å². The van der Waals surface area contributed by atoms with Crippen molar-refractivity contribution in [2.45, 2.75) is 19.1 Å². The summed E-state index contributed by atoms with van der Waals surface area (Å²) in [6, 6.07) is 8.40. The van der Waals surface area contributed by atoms with E-state index in [1.54, 1.807) is 0 Å². The summed E-state index contributed by atoms with van der Waals surface area (Å²) >= 11 is 1.04. The van der Waals surface area contributed by atoms with E-state index in [9.17, 15) is 24.6 Å². The smallest absolute Gasteiger partial charge is 0.407 e. The summed E-state index contributed by atoms with van der Waals surface area (Å²) in [5.74, 6) is -1.15. The molecule has 0 saturated heterocycles. The van der Waals surface area contributed by atoms with Gasteiger partial charge in [0.15, 0.2) is 0 Å². The Morgan fingerprint density at radius 2 is 1.96 bits per heavy atom. The Bertz CT molecular complexity index is 898. The first-order chi connectivity index (χ1) is 13.4. The van der Waals surface area contributed by atoms with E-state index >= 15 is 0 Å². The van der Waals surface area contributed by atoms with Gasteiger partial charge in [-0.15, -0.1) is 11.3 Å². The number of nitrogens with one attached hydrogen (secondary N) is 1. The maximum absolute atomic E-state index is 12.0. The number of ether oxygens (including phenoxy) is 1. The highest BCUT2D eigenvalue weighted by Crippen LogP contribution is 2.40. The minimum Gasteiger partial charge on any atom is -0.478 e. The number of carbonyl (C=O) groups excluding carboxylic acids is 1. The molecule has 0 aliphatic carbocycles. The predicted octanol–water partition coefficient (Wildman–Crippen LogP) is 2.53. The summed E-state index contributed by atoms with van der Waals surface area (Å²) in [6.07, 6.45) is -1.59. The number of carboxylic acids is 1. The average molecular weight is 405 g/mol. The monoisotopic (exact) mass is 405 g/mol. The molecular formula is C18H19N3O6S. The number of anilines is 1. The molecule has 0 saturated carbocycles. The van der Waals surface area contributed by atoms with Crippen molar-refractivity contribution in [3.05, 3.63) is 51.9 Å². The summed E-state index contributed by atoms with van der Waals surface area (Å²) in [5.41, 5.74) is 7.20. The predicted molar refractivity (Wildman–Crippen MR) is 101 cm³/mol. The molecule has 1 atom stereocenters. The highest BCUT2D eigenvalue weighted by atomic mass is 32.1. The lowest BCUT2D eigenvalue weighted by atomic mass is 9.97. The number of nitrogens with two attached hydrogens (primary N) is 1. The van der Waals surface area contributed by atoms with Crippen LogP contribution in [-0.4, -0.2) is 46.4 Å². The molecule has 9 nitrogen and oxygen atoms in total. The molecule has 0 bridgehead atoms. The number of hydrogen-bond acceptors (Lipinski definition) is 6.